The Bertz CT molecular complexity index is 676. The van der Waals surface area contributed by atoms with Crippen molar-refractivity contribution >= 4 is 16.5 Å². The van der Waals surface area contributed by atoms with E-state index in [1.807, 2.05) is 37.3 Å². The molecule has 7 nitrogen and oxygen atoms in total. The first-order valence-electron chi connectivity index (χ1n) is 6.24. The molecule has 0 fully saturated rings. The standard InChI is InChI=1S/C12H13N7S/c1-2-13-12-16-14-10(20-12)8-19-17-11(15-18-19)9-6-4-3-5-7-9/h3-7H,2,8H2,1H3,(H,13,16). The van der Waals surface area contributed by atoms with Crippen molar-refractivity contribution in [2.45, 2.75) is 13.5 Å². The number of nitrogens with zero attached hydrogens (tertiary/aromatic N) is 6. The molecular formula is C12H13N7S. The van der Waals surface area contributed by atoms with Gasteiger partial charge in [-0.25, -0.2) is 0 Å². The molecule has 2 heterocycles. The van der Waals surface area contributed by atoms with Crippen LogP contribution in [0.2, 0.25) is 0 Å². The van der Waals surface area contributed by atoms with Crippen molar-refractivity contribution in [3.8, 4) is 11.4 Å². The summed E-state index contributed by atoms with van der Waals surface area (Å²) in [5.41, 5.74) is 0.948. The molecule has 8 heteroatoms. The van der Waals surface area contributed by atoms with E-state index < -0.39 is 0 Å². The minimum atomic E-state index is 0.475. The Kier molecular flexibility index (Phi) is 3.64. The van der Waals surface area contributed by atoms with Gasteiger partial charge in [0.1, 0.15) is 11.6 Å². The predicted molar refractivity (Wildman–Crippen MR) is 76.4 cm³/mol. The Hall–Kier alpha value is -2.35. The summed E-state index contributed by atoms with van der Waals surface area (Å²) in [5, 5.41) is 25.3. The highest BCUT2D eigenvalue weighted by Gasteiger charge is 2.08. The van der Waals surface area contributed by atoms with Gasteiger partial charge in [0.2, 0.25) is 11.0 Å². The van der Waals surface area contributed by atoms with E-state index in [1.165, 1.54) is 16.1 Å². The lowest BCUT2D eigenvalue weighted by molar-refractivity contribution is 0.568. The summed E-state index contributed by atoms with van der Waals surface area (Å²) in [6.07, 6.45) is 0. The molecule has 0 spiro atoms. The van der Waals surface area contributed by atoms with Crippen LogP contribution in [0.3, 0.4) is 0 Å². The third-order valence-electron chi connectivity index (χ3n) is 2.56. The maximum atomic E-state index is 4.34. The van der Waals surface area contributed by atoms with Gasteiger partial charge in [0.05, 0.1) is 0 Å². The summed E-state index contributed by atoms with van der Waals surface area (Å²) in [6, 6.07) is 9.76. The minimum Gasteiger partial charge on any atom is -0.360 e. The van der Waals surface area contributed by atoms with Gasteiger partial charge < -0.3 is 5.32 Å². The molecule has 2 aromatic heterocycles. The van der Waals surface area contributed by atoms with Gasteiger partial charge in [0, 0.05) is 12.1 Å². The molecule has 0 aliphatic carbocycles. The number of aromatic nitrogens is 6. The molecule has 0 radical (unpaired) electrons. The van der Waals surface area contributed by atoms with Crippen molar-refractivity contribution in [2.24, 2.45) is 0 Å². The maximum absolute atomic E-state index is 4.34. The number of nitrogens with one attached hydrogen (secondary N) is 1. The monoisotopic (exact) mass is 287 g/mol. The predicted octanol–water partition coefficient (Wildman–Crippen LogP) is 1.67. The van der Waals surface area contributed by atoms with Crippen molar-refractivity contribution < 1.29 is 0 Å². The molecule has 0 aliphatic heterocycles. The average Bonchev–Trinajstić information content (AvgIpc) is 3.11. The fraction of sp³-hybridized carbons (Fsp3) is 0.250. The lowest BCUT2D eigenvalue weighted by Crippen LogP contribution is -2.03. The van der Waals surface area contributed by atoms with Crippen molar-refractivity contribution in [2.75, 3.05) is 11.9 Å². The fourth-order valence-corrected chi connectivity index (χ4v) is 2.46. The van der Waals surface area contributed by atoms with Crippen LogP contribution in [0.4, 0.5) is 5.13 Å². The Morgan fingerprint density at radius 1 is 1.15 bits per heavy atom. The molecule has 0 bridgehead atoms. The van der Waals surface area contributed by atoms with Crippen molar-refractivity contribution in [3.63, 3.8) is 0 Å². The molecule has 1 N–H and O–H groups in total. The first-order chi connectivity index (χ1) is 9.85. The van der Waals surface area contributed by atoms with E-state index in [0.717, 1.165) is 22.2 Å². The summed E-state index contributed by atoms with van der Waals surface area (Å²) in [6.45, 7) is 3.32. The second-order valence-corrected chi connectivity index (χ2v) is 5.10. The molecule has 0 aliphatic rings. The van der Waals surface area contributed by atoms with E-state index in [4.69, 9.17) is 0 Å². The Morgan fingerprint density at radius 2 is 2.00 bits per heavy atom. The van der Waals surface area contributed by atoms with E-state index >= 15 is 0 Å². The van der Waals surface area contributed by atoms with Gasteiger partial charge in [-0.15, -0.1) is 20.4 Å². The fourth-order valence-electron chi connectivity index (χ4n) is 1.67. The van der Waals surface area contributed by atoms with Crippen LogP contribution in [0, 0.1) is 0 Å². The molecule has 102 valence electrons. The Labute approximate surface area is 119 Å². The zero-order chi connectivity index (χ0) is 13.8. The van der Waals surface area contributed by atoms with Crippen molar-refractivity contribution in [3.05, 3.63) is 35.3 Å². The highest BCUT2D eigenvalue weighted by Crippen LogP contribution is 2.16. The van der Waals surface area contributed by atoms with Gasteiger partial charge in [-0.2, -0.15) is 4.80 Å². The topological polar surface area (TPSA) is 81.4 Å². The number of hydrogen-bond acceptors (Lipinski definition) is 7. The molecule has 0 amide bonds. The smallest absolute Gasteiger partial charge is 0.205 e. The minimum absolute atomic E-state index is 0.475. The molecule has 1 aromatic carbocycles. The quantitative estimate of drug-likeness (QED) is 0.768. The second kappa shape index (κ2) is 5.74. The third kappa shape index (κ3) is 2.80. The zero-order valence-electron chi connectivity index (χ0n) is 10.9. The SMILES string of the molecule is CCNc1nnc(Cn2nnc(-c3ccccc3)n2)s1. The van der Waals surface area contributed by atoms with E-state index in [0.29, 0.717) is 12.4 Å². The van der Waals surface area contributed by atoms with Gasteiger partial charge in [-0.1, -0.05) is 41.7 Å². The molecule has 0 saturated heterocycles. The van der Waals surface area contributed by atoms with Crippen LogP contribution in [0.25, 0.3) is 11.4 Å². The van der Waals surface area contributed by atoms with E-state index in [2.05, 4.69) is 30.9 Å². The van der Waals surface area contributed by atoms with E-state index in [-0.39, 0.29) is 0 Å². The van der Waals surface area contributed by atoms with Crippen LogP contribution in [0.1, 0.15) is 11.9 Å². The lowest BCUT2D eigenvalue weighted by Gasteiger charge is -1.94. The van der Waals surface area contributed by atoms with Gasteiger partial charge in [-0.05, 0) is 12.1 Å². The van der Waals surface area contributed by atoms with E-state index in [1.54, 1.807) is 0 Å². The Morgan fingerprint density at radius 3 is 2.80 bits per heavy atom. The van der Waals surface area contributed by atoms with Crippen LogP contribution >= 0.6 is 11.3 Å². The molecule has 20 heavy (non-hydrogen) atoms. The number of benzene rings is 1. The third-order valence-corrected chi connectivity index (χ3v) is 3.42. The van der Waals surface area contributed by atoms with Crippen LogP contribution < -0.4 is 5.32 Å². The molecule has 3 rings (SSSR count). The largest absolute Gasteiger partial charge is 0.360 e. The van der Waals surface area contributed by atoms with Gasteiger partial charge in [0.25, 0.3) is 0 Å². The zero-order valence-corrected chi connectivity index (χ0v) is 11.7. The number of rotatable bonds is 5. The number of hydrogen-bond donors (Lipinski definition) is 1. The number of anilines is 1. The summed E-state index contributed by atoms with van der Waals surface area (Å²) in [7, 11) is 0. The second-order valence-electron chi connectivity index (χ2n) is 4.04. The summed E-state index contributed by atoms with van der Waals surface area (Å²) in [5.74, 6) is 0.613. The van der Waals surface area contributed by atoms with Crippen molar-refractivity contribution in [1.82, 2.24) is 30.4 Å². The van der Waals surface area contributed by atoms with Gasteiger partial charge >= 0.3 is 0 Å². The first-order valence-corrected chi connectivity index (χ1v) is 7.06. The van der Waals surface area contributed by atoms with Crippen LogP contribution in [0.15, 0.2) is 30.3 Å². The van der Waals surface area contributed by atoms with Crippen LogP contribution in [-0.2, 0) is 6.54 Å². The molecular weight excluding hydrogens is 274 g/mol. The summed E-state index contributed by atoms with van der Waals surface area (Å²) < 4.78 is 0. The molecule has 0 saturated carbocycles. The molecule has 0 unspecified atom stereocenters. The maximum Gasteiger partial charge on any atom is 0.205 e. The van der Waals surface area contributed by atoms with Gasteiger partial charge in [-0.3, -0.25) is 0 Å². The average molecular weight is 287 g/mol. The molecule has 3 aromatic rings. The molecule has 0 atom stereocenters. The Balaban J connectivity index is 1.73. The van der Waals surface area contributed by atoms with Gasteiger partial charge in [0.15, 0.2) is 0 Å². The normalized spacial score (nSPS) is 10.7. The van der Waals surface area contributed by atoms with Crippen LogP contribution in [-0.4, -0.2) is 36.9 Å². The van der Waals surface area contributed by atoms with E-state index in [9.17, 15) is 0 Å². The summed E-state index contributed by atoms with van der Waals surface area (Å²) >= 11 is 1.50. The van der Waals surface area contributed by atoms with Crippen molar-refractivity contribution in [1.29, 1.82) is 0 Å². The number of tetrazole rings is 1. The van der Waals surface area contributed by atoms with Crippen LogP contribution in [0.5, 0.6) is 0 Å². The first kappa shape index (κ1) is 12.7. The highest BCUT2D eigenvalue weighted by atomic mass is 32.1. The lowest BCUT2D eigenvalue weighted by atomic mass is 10.2. The summed E-state index contributed by atoms with van der Waals surface area (Å²) in [4.78, 5) is 1.53. The highest BCUT2D eigenvalue weighted by molar-refractivity contribution is 7.15.